The minimum atomic E-state index is 0.294. The Hall–Kier alpha value is -2.05. The van der Waals surface area contributed by atoms with E-state index in [0.717, 1.165) is 76.7 Å². The van der Waals surface area contributed by atoms with Crippen molar-refractivity contribution in [2.45, 2.75) is 52.5 Å². The number of likely N-dealkylation sites (tertiary alicyclic amines) is 1. The van der Waals surface area contributed by atoms with Gasteiger partial charge in [0.25, 0.3) is 0 Å². The zero-order chi connectivity index (χ0) is 17.9. The molecule has 1 saturated heterocycles. The van der Waals surface area contributed by atoms with Crippen molar-refractivity contribution in [2.75, 3.05) is 32.7 Å². The van der Waals surface area contributed by atoms with E-state index in [9.17, 15) is 4.79 Å². The number of hydrogen-bond donors (Lipinski definition) is 2. The van der Waals surface area contributed by atoms with Crippen LogP contribution in [0.3, 0.4) is 0 Å². The average Bonchev–Trinajstić information content (AvgIpc) is 3.19. The van der Waals surface area contributed by atoms with Gasteiger partial charge in [0.1, 0.15) is 5.82 Å². The van der Waals surface area contributed by atoms with Gasteiger partial charge in [-0.05, 0) is 39.5 Å². The maximum atomic E-state index is 11.6. The second-order valence-corrected chi connectivity index (χ2v) is 6.40. The molecule has 0 spiro atoms. The van der Waals surface area contributed by atoms with Crippen LogP contribution in [0.2, 0.25) is 0 Å². The van der Waals surface area contributed by atoms with Crippen molar-refractivity contribution in [1.29, 1.82) is 0 Å². The lowest BCUT2D eigenvalue weighted by Crippen LogP contribution is -2.38. The minimum Gasteiger partial charge on any atom is -0.357 e. The summed E-state index contributed by atoms with van der Waals surface area (Å²) < 4.78 is 2.18. The van der Waals surface area contributed by atoms with Crippen LogP contribution in [0.4, 0.5) is 0 Å². The molecule has 1 aromatic heterocycles. The van der Waals surface area contributed by atoms with E-state index in [1.165, 1.54) is 0 Å². The smallest absolute Gasteiger partial charge is 0.222 e. The van der Waals surface area contributed by atoms with Gasteiger partial charge >= 0.3 is 0 Å². The van der Waals surface area contributed by atoms with Crippen molar-refractivity contribution in [3.8, 4) is 0 Å². The van der Waals surface area contributed by atoms with E-state index in [0.29, 0.717) is 12.3 Å². The molecule has 1 fully saturated rings. The molecule has 1 aliphatic heterocycles. The van der Waals surface area contributed by atoms with Gasteiger partial charge in [-0.2, -0.15) is 0 Å². The Morgan fingerprint density at radius 1 is 1.28 bits per heavy atom. The van der Waals surface area contributed by atoms with Crippen LogP contribution in [0.1, 0.15) is 44.9 Å². The molecule has 1 aromatic rings. The highest BCUT2D eigenvalue weighted by Gasteiger charge is 2.18. The lowest BCUT2D eigenvalue weighted by molar-refractivity contribution is -0.127. The first-order chi connectivity index (χ1) is 12.2. The number of carbonyl (C=O) groups excluding carboxylic acids is 1. The molecular weight excluding hydrogens is 316 g/mol. The molecule has 140 valence electrons. The first-order valence-corrected chi connectivity index (χ1v) is 9.48. The predicted octanol–water partition coefficient (Wildman–Crippen LogP) is 1.54. The van der Waals surface area contributed by atoms with E-state index in [2.05, 4.69) is 32.1 Å². The van der Waals surface area contributed by atoms with Gasteiger partial charge in [-0.25, -0.2) is 4.98 Å². The minimum absolute atomic E-state index is 0.294. The van der Waals surface area contributed by atoms with Gasteiger partial charge in [-0.3, -0.25) is 9.79 Å². The second-order valence-electron chi connectivity index (χ2n) is 6.40. The van der Waals surface area contributed by atoms with Crippen molar-refractivity contribution in [3.05, 3.63) is 18.2 Å². The summed E-state index contributed by atoms with van der Waals surface area (Å²) in [6, 6.07) is 0. The van der Waals surface area contributed by atoms with Gasteiger partial charge in [0, 0.05) is 58.1 Å². The van der Waals surface area contributed by atoms with Crippen molar-refractivity contribution >= 4 is 11.9 Å². The fourth-order valence-corrected chi connectivity index (χ4v) is 2.99. The summed E-state index contributed by atoms with van der Waals surface area (Å²) in [4.78, 5) is 22.4. The first kappa shape index (κ1) is 19.3. The van der Waals surface area contributed by atoms with Gasteiger partial charge in [0.2, 0.25) is 5.91 Å². The number of aliphatic imine (C=N–C) groups is 1. The third kappa shape index (κ3) is 6.76. The Balaban J connectivity index is 1.60. The molecule has 2 heterocycles. The molecule has 7 heteroatoms. The maximum Gasteiger partial charge on any atom is 0.222 e. The number of nitrogens with one attached hydrogen (secondary N) is 2. The van der Waals surface area contributed by atoms with Crippen LogP contribution in [0, 0.1) is 6.92 Å². The summed E-state index contributed by atoms with van der Waals surface area (Å²) in [5.74, 6) is 2.23. The molecule has 0 saturated carbocycles. The number of imidazole rings is 1. The molecule has 0 unspecified atom stereocenters. The third-order valence-corrected chi connectivity index (χ3v) is 4.41. The molecule has 0 radical (unpaired) electrons. The summed E-state index contributed by atoms with van der Waals surface area (Å²) in [5, 5.41) is 6.66. The molecule has 2 rings (SSSR count). The fraction of sp³-hybridized carbons (Fsp3) is 0.722. The summed E-state index contributed by atoms with van der Waals surface area (Å²) in [5.41, 5.74) is 0. The van der Waals surface area contributed by atoms with Crippen molar-refractivity contribution < 1.29 is 4.79 Å². The van der Waals surface area contributed by atoms with Gasteiger partial charge in [-0.1, -0.05) is 0 Å². The zero-order valence-corrected chi connectivity index (χ0v) is 15.6. The van der Waals surface area contributed by atoms with E-state index in [-0.39, 0.29) is 0 Å². The van der Waals surface area contributed by atoms with Crippen LogP contribution in [0.25, 0.3) is 0 Å². The molecule has 1 amide bonds. The van der Waals surface area contributed by atoms with Crippen molar-refractivity contribution in [1.82, 2.24) is 25.1 Å². The number of unbranched alkanes of at least 4 members (excludes halogenated alkanes) is 1. The van der Waals surface area contributed by atoms with Gasteiger partial charge in [0.15, 0.2) is 5.96 Å². The number of nitrogens with zero attached hydrogens (tertiary/aromatic N) is 4. The maximum absolute atomic E-state index is 11.6. The van der Waals surface area contributed by atoms with Gasteiger partial charge in [0.05, 0.1) is 0 Å². The van der Waals surface area contributed by atoms with E-state index >= 15 is 0 Å². The molecule has 0 aromatic carbocycles. The predicted molar refractivity (Wildman–Crippen MR) is 101 cm³/mol. The second kappa shape index (κ2) is 10.7. The Labute approximate surface area is 150 Å². The Morgan fingerprint density at radius 3 is 2.84 bits per heavy atom. The summed E-state index contributed by atoms with van der Waals surface area (Å²) in [6.07, 6.45) is 8.71. The van der Waals surface area contributed by atoms with Crippen LogP contribution in [-0.4, -0.2) is 59.0 Å². The number of rotatable bonds is 10. The summed E-state index contributed by atoms with van der Waals surface area (Å²) in [6.45, 7) is 9.35. The Bertz CT molecular complexity index is 554. The SMILES string of the molecule is CCNC(=NCCCN1CCCC1=O)NCCCCn1ccnc1C. The monoisotopic (exact) mass is 348 g/mol. The van der Waals surface area contributed by atoms with E-state index in [1.54, 1.807) is 0 Å². The highest BCUT2D eigenvalue weighted by Crippen LogP contribution is 2.09. The highest BCUT2D eigenvalue weighted by molar-refractivity contribution is 5.79. The highest BCUT2D eigenvalue weighted by atomic mass is 16.2. The van der Waals surface area contributed by atoms with E-state index in [1.807, 2.05) is 24.2 Å². The first-order valence-electron chi connectivity index (χ1n) is 9.48. The molecule has 1 aliphatic rings. The quantitative estimate of drug-likeness (QED) is 0.382. The van der Waals surface area contributed by atoms with E-state index in [4.69, 9.17) is 0 Å². The topological polar surface area (TPSA) is 74.6 Å². The van der Waals surface area contributed by atoms with Crippen LogP contribution in [0.5, 0.6) is 0 Å². The molecule has 2 N–H and O–H groups in total. The fourth-order valence-electron chi connectivity index (χ4n) is 2.99. The normalized spacial score (nSPS) is 15.0. The van der Waals surface area contributed by atoms with Crippen molar-refractivity contribution in [3.63, 3.8) is 0 Å². The van der Waals surface area contributed by atoms with Crippen LogP contribution < -0.4 is 10.6 Å². The summed E-state index contributed by atoms with van der Waals surface area (Å²) >= 11 is 0. The Morgan fingerprint density at radius 2 is 2.16 bits per heavy atom. The Kier molecular flexibility index (Phi) is 8.28. The van der Waals surface area contributed by atoms with E-state index < -0.39 is 0 Å². The number of aromatic nitrogens is 2. The number of aryl methyl sites for hydroxylation is 2. The largest absolute Gasteiger partial charge is 0.357 e. The molecular formula is C18H32N6O. The van der Waals surface area contributed by atoms with Crippen molar-refractivity contribution in [2.24, 2.45) is 4.99 Å². The lowest BCUT2D eigenvalue weighted by atomic mass is 10.3. The van der Waals surface area contributed by atoms with Gasteiger partial charge in [-0.15, -0.1) is 0 Å². The average molecular weight is 348 g/mol. The van der Waals surface area contributed by atoms with Crippen LogP contribution in [0.15, 0.2) is 17.4 Å². The number of guanidine groups is 1. The molecule has 25 heavy (non-hydrogen) atoms. The van der Waals surface area contributed by atoms with Crippen LogP contribution >= 0.6 is 0 Å². The molecule has 0 aliphatic carbocycles. The number of hydrogen-bond acceptors (Lipinski definition) is 3. The third-order valence-electron chi connectivity index (χ3n) is 4.41. The lowest BCUT2D eigenvalue weighted by Gasteiger charge is -2.15. The molecule has 0 atom stereocenters. The van der Waals surface area contributed by atoms with Crippen LogP contribution in [-0.2, 0) is 11.3 Å². The van der Waals surface area contributed by atoms with Gasteiger partial charge < -0.3 is 20.1 Å². The molecule has 0 bridgehead atoms. The number of amides is 1. The summed E-state index contributed by atoms with van der Waals surface area (Å²) in [7, 11) is 0. The molecule has 7 nitrogen and oxygen atoms in total. The number of carbonyl (C=O) groups is 1. The zero-order valence-electron chi connectivity index (χ0n) is 15.6. The standard InChI is InChI=1S/C18H32N6O/c1-3-19-18(22-10-7-14-24-13-6-8-17(24)25)21-9-4-5-12-23-15-11-20-16(23)2/h11,15H,3-10,12-14H2,1-2H3,(H2,19,21,22).